The third-order valence-electron chi connectivity index (χ3n) is 3.43. The van der Waals surface area contributed by atoms with Crippen molar-refractivity contribution in [3.63, 3.8) is 0 Å². The average Bonchev–Trinajstić information content (AvgIpc) is 2.59. The highest BCUT2D eigenvalue weighted by atomic mass is 32.2. The predicted molar refractivity (Wildman–Crippen MR) is 62.7 cm³/mol. The summed E-state index contributed by atoms with van der Waals surface area (Å²) in [5.74, 6) is 1.50. The first kappa shape index (κ1) is 12.2. The molecule has 2 nitrogen and oxygen atoms in total. The topological polar surface area (TPSA) is 43.1 Å². The maximum absolute atomic E-state index is 11.7. The lowest BCUT2D eigenvalue weighted by Gasteiger charge is -2.16. The van der Waals surface area contributed by atoms with Crippen LogP contribution in [0.15, 0.2) is 0 Å². The van der Waals surface area contributed by atoms with Crippen LogP contribution >= 0.6 is 0 Å². The molecular formula is C11H23NOS. The number of rotatable bonds is 5. The van der Waals surface area contributed by atoms with Gasteiger partial charge in [0.15, 0.2) is 0 Å². The predicted octanol–water partition coefficient (Wildman–Crippen LogP) is 2.05. The lowest BCUT2D eigenvalue weighted by atomic mass is 10.0. The Kier molecular flexibility index (Phi) is 5.10. The van der Waals surface area contributed by atoms with E-state index in [2.05, 4.69) is 13.8 Å². The number of hydrogen-bond donors (Lipinski definition) is 1. The van der Waals surface area contributed by atoms with Crippen molar-refractivity contribution in [2.75, 3.05) is 5.75 Å². The summed E-state index contributed by atoms with van der Waals surface area (Å²) in [5.41, 5.74) is 5.97. The van der Waals surface area contributed by atoms with Crippen LogP contribution in [-0.4, -0.2) is 21.3 Å². The van der Waals surface area contributed by atoms with Gasteiger partial charge in [-0.05, 0) is 31.6 Å². The summed E-state index contributed by atoms with van der Waals surface area (Å²) in [6, 6.07) is 0.379. The SMILES string of the molecule is CCC(C)S(=O)CCC1CCCC1N. The summed E-state index contributed by atoms with van der Waals surface area (Å²) in [7, 11) is -0.631. The highest BCUT2D eigenvalue weighted by Gasteiger charge is 2.24. The minimum atomic E-state index is -0.631. The molecule has 0 aromatic carbocycles. The first-order valence-corrected chi connectivity index (χ1v) is 7.16. The quantitative estimate of drug-likeness (QED) is 0.766. The van der Waals surface area contributed by atoms with Crippen LogP contribution in [0.4, 0.5) is 0 Å². The van der Waals surface area contributed by atoms with Gasteiger partial charge in [0.25, 0.3) is 0 Å². The molecule has 0 aromatic rings. The lowest BCUT2D eigenvalue weighted by Crippen LogP contribution is -2.26. The molecule has 1 saturated carbocycles. The third-order valence-corrected chi connectivity index (χ3v) is 5.30. The van der Waals surface area contributed by atoms with Gasteiger partial charge in [-0.2, -0.15) is 0 Å². The normalized spacial score (nSPS) is 31.6. The highest BCUT2D eigenvalue weighted by molar-refractivity contribution is 7.85. The standard InChI is InChI=1S/C11H23NOS/c1-3-9(2)14(13)8-7-10-5-4-6-11(10)12/h9-11H,3-8,12H2,1-2H3. The molecule has 0 saturated heterocycles. The van der Waals surface area contributed by atoms with Crippen LogP contribution in [0.3, 0.4) is 0 Å². The maximum atomic E-state index is 11.7. The van der Waals surface area contributed by atoms with Crippen LogP contribution in [0, 0.1) is 5.92 Å². The Balaban J connectivity index is 2.22. The van der Waals surface area contributed by atoms with Gasteiger partial charge in [-0.3, -0.25) is 4.21 Å². The van der Waals surface area contributed by atoms with Crippen molar-refractivity contribution in [1.82, 2.24) is 0 Å². The van der Waals surface area contributed by atoms with Gasteiger partial charge in [0.05, 0.1) is 0 Å². The van der Waals surface area contributed by atoms with E-state index in [0.29, 0.717) is 17.2 Å². The molecule has 2 N–H and O–H groups in total. The van der Waals surface area contributed by atoms with Gasteiger partial charge < -0.3 is 5.73 Å². The van der Waals surface area contributed by atoms with Gasteiger partial charge in [-0.15, -0.1) is 0 Å². The van der Waals surface area contributed by atoms with Crippen LogP contribution in [0.25, 0.3) is 0 Å². The van der Waals surface area contributed by atoms with E-state index in [1.54, 1.807) is 0 Å². The molecule has 0 aliphatic heterocycles. The first-order valence-electron chi connectivity index (χ1n) is 5.78. The molecular weight excluding hydrogens is 194 g/mol. The Hall–Kier alpha value is 0.110. The van der Waals surface area contributed by atoms with E-state index < -0.39 is 10.8 Å². The zero-order chi connectivity index (χ0) is 10.6. The summed E-state index contributed by atoms with van der Waals surface area (Å²) in [6.07, 6.45) is 5.77. The molecule has 3 heteroatoms. The van der Waals surface area contributed by atoms with Crippen molar-refractivity contribution < 1.29 is 4.21 Å². The van der Waals surface area contributed by atoms with Crippen LogP contribution in [-0.2, 0) is 10.8 Å². The molecule has 0 radical (unpaired) electrons. The van der Waals surface area contributed by atoms with Crippen molar-refractivity contribution in [2.45, 2.75) is 57.2 Å². The fourth-order valence-electron chi connectivity index (χ4n) is 2.08. The summed E-state index contributed by atoms with van der Waals surface area (Å²) >= 11 is 0. The molecule has 4 atom stereocenters. The number of hydrogen-bond acceptors (Lipinski definition) is 2. The molecule has 0 heterocycles. The molecule has 0 aromatic heterocycles. The van der Waals surface area contributed by atoms with E-state index in [9.17, 15) is 4.21 Å². The Morgan fingerprint density at radius 2 is 2.21 bits per heavy atom. The smallest absolute Gasteiger partial charge is 0.0317 e. The summed E-state index contributed by atoms with van der Waals surface area (Å²) < 4.78 is 11.7. The molecule has 0 bridgehead atoms. The second-order valence-corrected chi connectivity index (χ2v) is 6.42. The fraction of sp³-hybridized carbons (Fsp3) is 1.00. The van der Waals surface area contributed by atoms with Gasteiger partial charge >= 0.3 is 0 Å². The molecule has 1 rings (SSSR count). The molecule has 84 valence electrons. The second kappa shape index (κ2) is 5.86. The number of nitrogens with two attached hydrogens (primary N) is 1. The van der Waals surface area contributed by atoms with E-state index in [1.807, 2.05) is 0 Å². The van der Waals surface area contributed by atoms with E-state index >= 15 is 0 Å². The van der Waals surface area contributed by atoms with E-state index in [4.69, 9.17) is 5.73 Å². The van der Waals surface area contributed by atoms with Gasteiger partial charge in [-0.25, -0.2) is 0 Å². The minimum Gasteiger partial charge on any atom is -0.327 e. The average molecular weight is 217 g/mol. The van der Waals surface area contributed by atoms with Crippen molar-refractivity contribution in [2.24, 2.45) is 11.7 Å². The summed E-state index contributed by atoms with van der Waals surface area (Å²) in [5, 5.41) is 0.354. The third kappa shape index (κ3) is 3.35. The molecule has 1 aliphatic rings. The zero-order valence-corrected chi connectivity index (χ0v) is 10.2. The van der Waals surface area contributed by atoms with Gasteiger partial charge in [0.1, 0.15) is 0 Å². The summed E-state index contributed by atoms with van der Waals surface area (Å²) in [4.78, 5) is 0. The Morgan fingerprint density at radius 1 is 1.50 bits per heavy atom. The van der Waals surface area contributed by atoms with E-state index in [0.717, 1.165) is 18.6 Å². The first-order chi connectivity index (χ1) is 6.65. The molecule has 14 heavy (non-hydrogen) atoms. The highest BCUT2D eigenvalue weighted by Crippen LogP contribution is 2.27. The van der Waals surface area contributed by atoms with Gasteiger partial charge in [0.2, 0.25) is 0 Å². The van der Waals surface area contributed by atoms with E-state index in [1.165, 1.54) is 19.3 Å². The largest absolute Gasteiger partial charge is 0.327 e. The Labute approximate surface area is 90.1 Å². The molecule has 1 fully saturated rings. The zero-order valence-electron chi connectivity index (χ0n) is 9.37. The van der Waals surface area contributed by atoms with Crippen LogP contribution in [0.2, 0.25) is 0 Å². The second-order valence-electron chi connectivity index (χ2n) is 4.45. The van der Waals surface area contributed by atoms with Crippen molar-refractivity contribution in [3.05, 3.63) is 0 Å². The Bertz CT molecular complexity index is 196. The monoisotopic (exact) mass is 217 g/mol. The molecule has 4 unspecified atom stereocenters. The van der Waals surface area contributed by atoms with E-state index in [-0.39, 0.29) is 0 Å². The van der Waals surface area contributed by atoms with Crippen LogP contribution < -0.4 is 5.73 Å². The van der Waals surface area contributed by atoms with Gasteiger partial charge in [0, 0.05) is 27.8 Å². The van der Waals surface area contributed by atoms with Crippen LogP contribution in [0.1, 0.15) is 46.0 Å². The molecule has 0 spiro atoms. The minimum absolute atomic E-state index is 0.354. The molecule has 0 amide bonds. The molecule has 1 aliphatic carbocycles. The van der Waals surface area contributed by atoms with Gasteiger partial charge in [-0.1, -0.05) is 20.3 Å². The Morgan fingerprint density at radius 3 is 2.71 bits per heavy atom. The maximum Gasteiger partial charge on any atom is 0.0317 e. The fourth-order valence-corrected chi connectivity index (χ4v) is 3.39. The lowest BCUT2D eigenvalue weighted by molar-refractivity contribution is 0.467. The van der Waals surface area contributed by atoms with Crippen molar-refractivity contribution >= 4 is 10.8 Å². The van der Waals surface area contributed by atoms with Crippen LogP contribution in [0.5, 0.6) is 0 Å². The van der Waals surface area contributed by atoms with Crippen molar-refractivity contribution in [3.8, 4) is 0 Å². The van der Waals surface area contributed by atoms with Crippen molar-refractivity contribution in [1.29, 1.82) is 0 Å². The summed E-state index contributed by atoms with van der Waals surface area (Å²) in [6.45, 7) is 4.18.